The Kier molecular flexibility index (Phi) is 3.94. The highest BCUT2D eigenvalue weighted by molar-refractivity contribution is 6.30. The quantitative estimate of drug-likeness (QED) is 0.839. The van der Waals surface area contributed by atoms with E-state index in [2.05, 4.69) is 0 Å². The number of hydrogen-bond acceptors (Lipinski definition) is 4. The Labute approximate surface area is 120 Å². The van der Waals surface area contributed by atoms with Crippen molar-refractivity contribution in [1.82, 2.24) is 4.90 Å². The van der Waals surface area contributed by atoms with Gasteiger partial charge in [-0.05, 0) is 30.7 Å². The van der Waals surface area contributed by atoms with Gasteiger partial charge in [0.2, 0.25) is 11.8 Å². The number of carboxylic acids is 1. The number of piperazine rings is 1. The zero-order chi connectivity index (χ0) is 14.9. The molecule has 1 fully saturated rings. The first-order valence-corrected chi connectivity index (χ1v) is 6.32. The van der Waals surface area contributed by atoms with Crippen LogP contribution >= 0.6 is 11.6 Å². The summed E-state index contributed by atoms with van der Waals surface area (Å²) in [5.41, 5.74) is 1.59. The third-order valence-electron chi connectivity index (χ3n) is 3.05. The van der Waals surface area contributed by atoms with Gasteiger partial charge in [0.25, 0.3) is 0 Å². The van der Waals surface area contributed by atoms with Gasteiger partial charge in [0.05, 0.1) is 13.1 Å². The molecular weight excluding hydrogens is 284 g/mol. The number of benzene rings is 1. The van der Waals surface area contributed by atoms with E-state index in [1.54, 1.807) is 23.1 Å². The van der Waals surface area contributed by atoms with Crippen LogP contribution in [0.4, 0.5) is 5.69 Å². The maximum Gasteiger partial charge on any atom is 0.323 e. The van der Waals surface area contributed by atoms with Crippen LogP contribution in [0.15, 0.2) is 18.2 Å². The number of carbonyl (C=O) groups excluding carboxylic acids is 2. The molecule has 2 amide bonds. The van der Waals surface area contributed by atoms with Crippen LogP contribution in [0.25, 0.3) is 0 Å². The van der Waals surface area contributed by atoms with E-state index in [4.69, 9.17) is 16.7 Å². The standard InChI is InChI=1S/C13H13ClN2O4/c1-8-4-9(14)2-3-10(8)15-5-11(17)16(7-13(19)20)12(18)6-15/h2-4H,5-7H2,1H3,(H,19,20). The summed E-state index contributed by atoms with van der Waals surface area (Å²) in [5.74, 6) is -2.24. The Balaban J connectivity index is 2.20. The average Bonchev–Trinajstić information content (AvgIpc) is 2.33. The molecule has 1 aliphatic rings. The molecule has 0 saturated carbocycles. The topological polar surface area (TPSA) is 77.9 Å². The Morgan fingerprint density at radius 3 is 2.40 bits per heavy atom. The van der Waals surface area contributed by atoms with Crippen LogP contribution in [-0.4, -0.2) is 47.4 Å². The monoisotopic (exact) mass is 296 g/mol. The van der Waals surface area contributed by atoms with Gasteiger partial charge in [-0.1, -0.05) is 11.6 Å². The second-order valence-corrected chi connectivity index (χ2v) is 4.99. The van der Waals surface area contributed by atoms with Gasteiger partial charge >= 0.3 is 5.97 Å². The SMILES string of the molecule is Cc1cc(Cl)ccc1N1CC(=O)N(CC(=O)O)C(=O)C1. The molecule has 1 aliphatic heterocycles. The summed E-state index contributed by atoms with van der Waals surface area (Å²) >= 11 is 5.87. The number of aryl methyl sites for hydroxylation is 1. The van der Waals surface area contributed by atoms with E-state index in [0.717, 1.165) is 16.2 Å². The van der Waals surface area contributed by atoms with Crippen molar-refractivity contribution in [3.8, 4) is 0 Å². The lowest BCUT2D eigenvalue weighted by Crippen LogP contribution is -2.55. The first-order chi connectivity index (χ1) is 9.38. The average molecular weight is 297 g/mol. The summed E-state index contributed by atoms with van der Waals surface area (Å²) in [4.78, 5) is 36.8. The lowest BCUT2D eigenvalue weighted by Gasteiger charge is -2.34. The smallest absolute Gasteiger partial charge is 0.323 e. The highest BCUT2D eigenvalue weighted by Gasteiger charge is 2.32. The van der Waals surface area contributed by atoms with Crippen molar-refractivity contribution in [2.75, 3.05) is 24.5 Å². The molecular formula is C13H13ClN2O4. The molecule has 0 unspecified atom stereocenters. The number of halogens is 1. The van der Waals surface area contributed by atoms with E-state index in [9.17, 15) is 14.4 Å². The number of hydrogen-bond donors (Lipinski definition) is 1. The Morgan fingerprint density at radius 2 is 1.90 bits per heavy atom. The summed E-state index contributed by atoms with van der Waals surface area (Å²) in [6, 6.07) is 5.17. The fraction of sp³-hybridized carbons (Fsp3) is 0.308. The van der Waals surface area contributed by atoms with Crippen molar-refractivity contribution in [3.05, 3.63) is 28.8 Å². The van der Waals surface area contributed by atoms with Crippen LogP contribution in [0, 0.1) is 6.92 Å². The Bertz CT molecular complexity index is 570. The first kappa shape index (κ1) is 14.3. The molecule has 0 bridgehead atoms. The molecule has 1 aromatic rings. The molecule has 20 heavy (non-hydrogen) atoms. The number of anilines is 1. The molecule has 7 heteroatoms. The Hall–Kier alpha value is -2.08. The minimum atomic E-state index is -1.21. The van der Waals surface area contributed by atoms with Gasteiger partial charge in [0.15, 0.2) is 0 Å². The van der Waals surface area contributed by atoms with E-state index < -0.39 is 24.3 Å². The summed E-state index contributed by atoms with van der Waals surface area (Å²) in [6.45, 7) is 1.19. The van der Waals surface area contributed by atoms with Gasteiger partial charge in [0.1, 0.15) is 6.54 Å². The van der Waals surface area contributed by atoms with Gasteiger partial charge in [-0.15, -0.1) is 0 Å². The lowest BCUT2D eigenvalue weighted by molar-refractivity contribution is -0.153. The van der Waals surface area contributed by atoms with Gasteiger partial charge in [-0.3, -0.25) is 19.3 Å². The second-order valence-electron chi connectivity index (χ2n) is 4.55. The zero-order valence-electron chi connectivity index (χ0n) is 10.8. The summed E-state index contributed by atoms with van der Waals surface area (Å²) < 4.78 is 0. The number of imide groups is 1. The number of aliphatic carboxylic acids is 1. The minimum Gasteiger partial charge on any atom is -0.480 e. The fourth-order valence-corrected chi connectivity index (χ4v) is 2.37. The van der Waals surface area contributed by atoms with Gasteiger partial charge < -0.3 is 10.0 Å². The molecule has 0 spiro atoms. The van der Waals surface area contributed by atoms with Crippen molar-refractivity contribution in [2.45, 2.75) is 6.92 Å². The van der Waals surface area contributed by atoms with E-state index in [1.807, 2.05) is 6.92 Å². The van der Waals surface area contributed by atoms with E-state index in [-0.39, 0.29) is 13.1 Å². The summed E-state index contributed by atoms with van der Waals surface area (Å²) in [5, 5.41) is 9.26. The van der Waals surface area contributed by atoms with Gasteiger partial charge in [-0.25, -0.2) is 0 Å². The maximum absolute atomic E-state index is 11.9. The number of rotatable bonds is 3. The van der Waals surface area contributed by atoms with Gasteiger partial charge in [-0.2, -0.15) is 0 Å². The molecule has 1 heterocycles. The first-order valence-electron chi connectivity index (χ1n) is 5.94. The molecule has 1 aromatic carbocycles. The number of amides is 2. The maximum atomic E-state index is 11.9. The fourth-order valence-electron chi connectivity index (χ4n) is 2.15. The molecule has 1 N–H and O–H groups in total. The normalized spacial score (nSPS) is 15.7. The number of nitrogens with zero attached hydrogens (tertiary/aromatic N) is 2. The lowest BCUT2D eigenvalue weighted by atomic mass is 10.1. The van der Waals surface area contributed by atoms with Crippen LogP contribution in [0.5, 0.6) is 0 Å². The molecule has 0 aliphatic carbocycles. The molecule has 0 atom stereocenters. The van der Waals surface area contributed by atoms with Crippen LogP contribution in [0.1, 0.15) is 5.56 Å². The van der Waals surface area contributed by atoms with Gasteiger partial charge in [0, 0.05) is 10.7 Å². The Morgan fingerprint density at radius 1 is 1.30 bits per heavy atom. The van der Waals surface area contributed by atoms with Crippen molar-refractivity contribution in [2.24, 2.45) is 0 Å². The third-order valence-corrected chi connectivity index (χ3v) is 3.28. The molecule has 0 aromatic heterocycles. The van der Waals surface area contributed by atoms with Crippen molar-refractivity contribution in [1.29, 1.82) is 0 Å². The summed E-state index contributed by atoms with van der Waals surface area (Å²) in [7, 11) is 0. The van der Waals surface area contributed by atoms with Crippen molar-refractivity contribution >= 4 is 35.1 Å². The van der Waals surface area contributed by atoms with E-state index in [1.165, 1.54) is 0 Å². The predicted octanol–water partition coefficient (Wildman–Crippen LogP) is 0.908. The van der Waals surface area contributed by atoms with Crippen LogP contribution in [0.2, 0.25) is 5.02 Å². The van der Waals surface area contributed by atoms with E-state index >= 15 is 0 Å². The third kappa shape index (κ3) is 2.91. The minimum absolute atomic E-state index is 0.0263. The molecule has 6 nitrogen and oxygen atoms in total. The van der Waals surface area contributed by atoms with Crippen LogP contribution in [0.3, 0.4) is 0 Å². The van der Waals surface area contributed by atoms with Crippen molar-refractivity contribution < 1.29 is 19.5 Å². The van der Waals surface area contributed by atoms with Crippen LogP contribution < -0.4 is 4.90 Å². The number of carbonyl (C=O) groups is 3. The predicted molar refractivity (Wildman–Crippen MR) is 72.8 cm³/mol. The molecule has 106 valence electrons. The van der Waals surface area contributed by atoms with Crippen molar-refractivity contribution in [3.63, 3.8) is 0 Å². The second kappa shape index (κ2) is 5.50. The number of carboxylic acid groups (broad SMARTS) is 1. The molecule has 2 rings (SSSR count). The largest absolute Gasteiger partial charge is 0.480 e. The molecule has 1 saturated heterocycles. The van der Waals surface area contributed by atoms with E-state index in [0.29, 0.717) is 5.02 Å². The highest BCUT2D eigenvalue weighted by Crippen LogP contribution is 2.25. The molecule has 0 radical (unpaired) electrons. The van der Waals surface area contributed by atoms with Crippen LogP contribution in [-0.2, 0) is 14.4 Å². The summed E-state index contributed by atoms with van der Waals surface area (Å²) in [6.07, 6.45) is 0. The highest BCUT2D eigenvalue weighted by atomic mass is 35.5. The zero-order valence-corrected chi connectivity index (χ0v) is 11.6.